The third-order valence-electron chi connectivity index (χ3n) is 3.74. The van der Waals surface area contributed by atoms with Crippen molar-refractivity contribution >= 4 is 22.7 Å². The van der Waals surface area contributed by atoms with Crippen molar-refractivity contribution in [3.05, 3.63) is 36.1 Å². The van der Waals surface area contributed by atoms with Gasteiger partial charge in [-0.15, -0.1) is 0 Å². The van der Waals surface area contributed by atoms with Gasteiger partial charge in [0.15, 0.2) is 5.76 Å². The zero-order valence-corrected chi connectivity index (χ0v) is 11.0. The smallest absolute Gasteiger partial charge is 0.234 e. The first-order valence-electron chi connectivity index (χ1n) is 6.70. The zero-order valence-electron chi connectivity index (χ0n) is 11.0. The van der Waals surface area contributed by atoms with Gasteiger partial charge in [0.25, 0.3) is 0 Å². The molecule has 1 aliphatic rings. The summed E-state index contributed by atoms with van der Waals surface area (Å²) in [6.07, 6.45) is 1.61. The summed E-state index contributed by atoms with van der Waals surface area (Å²) in [4.78, 5) is 25.4. The number of carbonyl (C=O) groups excluding carboxylic acids is 2. The van der Waals surface area contributed by atoms with Crippen LogP contribution < -0.4 is 5.73 Å². The van der Waals surface area contributed by atoms with E-state index in [2.05, 4.69) is 0 Å². The highest BCUT2D eigenvalue weighted by Crippen LogP contribution is 2.21. The standard InChI is InChI=1S/C15H16N2O3/c16-15(19)11-5-3-7-17(11)9-12(18)14-8-10-4-1-2-6-13(10)20-14/h1-2,4,6,8,11H,3,5,7,9H2,(H2,16,19). The first kappa shape index (κ1) is 12.9. The molecule has 0 bridgehead atoms. The Morgan fingerprint density at radius 1 is 1.35 bits per heavy atom. The molecule has 1 saturated heterocycles. The lowest BCUT2D eigenvalue weighted by Gasteiger charge is -2.20. The molecule has 3 rings (SSSR count). The van der Waals surface area contributed by atoms with Gasteiger partial charge < -0.3 is 10.2 Å². The fourth-order valence-corrected chi connectivity index (χ4v) is 2.72. The number of furan rings is 1. The Hall–Kier alpha value is -2.14. The molecule has 104 valence electrons. The molecule has 1 unspecified atom stereocenters. The van der Waals surface area contributed by atoms with Gasteiger partial charge in [0.1, 0.15) is 5.58 Å². The van der Waals surface area contributed by atoms with Crippen molar-refractivity contribution in [1.82, 2.24) is 4.90 Å². The minimum absolute atomic E-state index is 0.116. The topological polar surface area (TPSA) is 76.5 Å². The molecule has 2 N–H and O–H groups in total. The summed E-state index contributed by atoms with van der Waals surface area (Å²) in [5.74, 6) is -0.143. The summed E-state index contributed by atoms with van der Waals surface area (Å²) in [5, 5.41) is 0.906. The van der Waals surface area contributed by atoms with E-state index < -0.39 is 0 Å². The largest absolute Gasteiger partial charge is 0.453 e. The Morgan fingerprint density at radius 2 is 2.15 bits per heavy atom. The van der Waals surface area contributed by atoms with E-state index >= 15 is 0 Å². The van der Waals surface area contributed by atoms with E-state index in [1.807, 2.05) is 29.2 Å². The van der Waals surface area contributed by atoms with Crippen LogP contribution in [0.25, 0.3) is 11.0 Å². The summed E-state index contributed by atoms with van der Waals surface area (Å²) in [6.45, 7) is 0.896. The van der Waals surface area contributed by atoms with Crippen LogP contribution in [0.5, 0.6) is 0 Å². The zero-order chi connectivity index (χ0) is 14.1. The van der Waals surface area contributed by atoms with E-state index in [-0.39, 0.29) is 24.3 Å². The molecule has 1 fully saturated rings. The van der Waals surface area contributed by atoms with E-state index in [0.29, 0.717) is 11.3 Å². The van der Waals surface area contributed by atoms with Crippen molar-refractivity contribution in [3.63, 3.8) is 0 Å². The number of carbonyl (C=O) groups is 2. The van der Waals surface area contributed by atoms with Gasteiger partial charge in [0.2, 0.25) is 11.7 Å². The van der Waals surface area contributed by atoms with Crippen molar-refractivity contribution in [2.24, 2.45) is 5.73 Å². The van der Waals surface area contributed by atoms with Crippen molar-refractivity contribution in [1.29, 1.82) is 0 Å². The fourth-order valence-electron chi connectivity index (χ4n) is 2.72. The highest BCUT2D eigenvalue weighted by Gasteiger charge is 2.31. The molecule has 1 aliphatic heterocycles. The molecule has 0 radical (unpaired) electrons. The van der Waals surface area contributed by atoms with Gasteiger partial charge in [-0.2, -0.15) is 0 Å². The van der Waals surface area contributed by atoms with Crippen molar-refractivity contribution in [3.8, 4) is 0 Å². The Balaban J connectivity index is 1.77. The summed E-state index contributed by atoms with van der Waals surface area (Å²) in [5.41, 5.74) is 6.05. The minimum Gasteiger partial charge on any atom is -0.453 e. The fraction of sp³-hybridized carbons (Fsp3) is 0.333. The predicted octanol–water partition coefficient (Wildman–Crippen LogP) is 1.57. The maximum Gasteiger partial charge on any atom is 0.234 e. The van der Waals surface area contributed by atoms with Crippen molar-refractivity contribution in [2.75, 3.05) is 13.1 Å². The Morgan fingerprint density at radius 3 is 2.90 bits per heavy atom. The number of para-hydroxylation sites is 1. The van der Waals surface area contributed by atoms with Gasteiger partial charge in [-0.25, -0.2) is 0 Å². The lowest BCUT2D eigenvalue weighted by Crippen LogP contribution is -2.42. The summed E-state index contributed by atoms with van der Waals surface area (Å²) >= 11 is 0. The first-order chi connectivity index (χ1) is 9.65. The number of fused-ring (bicyclic) bond motifs is 1. The van der Waals surface area contributed by atoms with Gasteiger partial charge in [0.05, 0.1) is 12.6 Å². The predicted molar refractivity (Wildman–Crippen MR) is 74.3 cm³/mol. The number of benzene rings is 1. The van der Waals surface area contributed by atoms with E-state index in [1.165, 1.54) is 0 Å². The number of primary amides is 1. The molecular weight excluding hydrogens is 256 g/mol. The van der Waals surface area contributed by atoms with Crippen LogP contribution in [0.2, 0.25) is 0 Å². The number of amides is 1. The number of hydrogen-bond donors (Lipinski definition) is 1. The Labute approximate surface area is 116 Å². The lowest BCUT2D eigenvalue weighted by molar-refractivity contribution is -0.122. The third-order valence-corrected chi connectivity index (χ3v) is 3.74. The Bertz CT molecular complexity index is 629. The van der Waals surface area contributed by atoms with Crippen molar-refractivity contribution < 1.29 is 14.0 Å². The van der Waals surface area contributed by atoms with Gasteiger partial charge in [-0.3, -0.25) is 14.5 Å². The van der Waals surface area contributed by atoms with Crippen LogP contribution in [0, 0.1) is 0 Å². The van der Waals surface area contributed by atoms with Crippen molar-refractivity contribution in [2.45, 2.75) is 18.9 Å². The molecule has 5 heteroatoms. The highest BCUT2D eigenvalue weighted by atomic mass is 16.3. The van der Waals surface area contributed by atoms with Crippen LogP contribution in [-0.2, 0) is 4.79 Å². The number of Topliss-reactive ketones (excluding diaryl/α,β-unsaturated/α-hetero) is 1. The summed E-state index contributed by atoms with van der Waals surface area (Å²) in [6, 6.07) is 8.90. The second kappa shape index (κ2) is 5.09. The summed E-state index contributed by atoms with van der Waals surface area (Å²) < 4.78 is 5.54. The first-order valence-corrected chi connectivity index (χ1v) is 6.70. The molecule has 1 aromatic heterocycles. The van der Waals surface area contributed by atoms with Gasteiger partial charge in [-0.1, -0.05) is 18.2 Å². The van der Waals surface area contributed by atoms with Crippen LogP contribution >= 0.6 is 0 Å². The molecule has 1 atom stereocenters. The van der Waals surface area contributed by atoms with Gasteiger partial charge in [0, 0.05) is 5.39 Å². The molecule has 2 heterocycles. The number of likely N-dealkylation sites (tertiary alicyclic amines) is 1. The number of ketones is 1. The van der Waals surface area contributed by atoms with Crippen LogP contribution in [0.4, 0.5) is 0 Å². The molecule has 1 aromatic carbocycles. The molecule has 20 heavy (non-hydrogen) atoms. The van der Waals surface area contributed by atoms with Crippen LogP contribution in [0.15, 0.2) is 34.7 Å². The monoisotopic (exact) mass is 272 g/mol. The number of nitrogens with two attached hydrogens (primary N) is 1. The van der Waals surface area contributed by atoms with Crippen LogP contribution in [0.3, 0.4) is 0 Å². The SMILES string of the molecule is NC(=O)C1CCCN1CC(=O)c1cc2ccccc2o1. The van der Waals surface area contributed by atoms with E-state index in [9.17, 15) is 9.59 Å². The third kappa shape index (κ3) is 2.32. The Kier molecular flexibility index (Phi) is 3.28. The average Bonchev–Trinajstić information content (AvgIpc) is 3.03. The molecule has 2 aromatic rings. The molecular formula is C15H16N2O3. The summed E-state index contributed by atoms with van der Waals surface area (Å²) in [7, 11) is 0. The van der Waals surface area contributed by atoms with Gasteiger partial charge >= 0.3 is 0 Å². The normalized spacial score (nSPS) is 19.5. The second-order valence-electron chi connectivity index (χ2n) is 5.10. The second-order valence-corrected chi connectivity index (χ2v) is 5.10. The van der Waals surface area contributed by atoms with Gasteiger partial charge in [-0.05, 0) is 31.5 Å². The van der Waals surface area contributed by atoms with Crippen LogP contribution in [-0.4, -0.2) is 35.7 Å². The quantitative estimate of drug-likeness (QED) is 0.857. The molecule has 5 nitrogen and oxygen atoms in total. The highest BCUT2D eigenvalue weighted by molar-refractivity contribution is 5.99. The molecule has 1 amide bonds. The molecule has 0 saturated carbocycles. The van der Waals surface area contributed by atoms with Crippen LogP contribution in [0.1, 0.15) is 23.4 Å². The number of rotatable bonds is 4. The maximum absolute atomic E-state index is 12.3. The molecule has 0 aliphatic carbocycles. The minimum atomic E-state index is -0.361. The van der Waals surface area contributed by atoms with E-state index in [0.717, 1.165) is 24.8 Å². The molecule has 0 spiro atoms. The number of hydrogen-bond acceptors (Lipinski definition) is 4. The van der Waals surface area contributed by atoms with E-state index in [1.54, 1.807) is 6.07 Å². The van der Waals surface area contributed by atoms with E-state index in [4.69, 9.17) is 10.2 Å². The average molecular weight is 272 g/mol. The maximum atomic E-state index is 12.3. The number of nitrogens with zero attached hydrogens (tertiary/aromatic N) is 1. The lowest BCUT2D eigenvalue weighted by atomic mass is 10.2.